The molecule has 0 spiro atoms. The molecular weight excluding hydrogens is 372 g/mol. The van der Waals surface area contributed by atoms with Crippen LogP contribution in [0.1, 0.15) is 37.5 Å². The molecule has 154 valence electrons. The topological polar surface area (TPSA) is 93.8 Å². The first-order valence-corrected chi connectivity index (χ1v) is 9.03. The lowest BCUT2D eigenvalue weighted by Crippen LogP contribution is -2.37. The first kappa shape index (κ1) is 21.4. The van der Waals surface area contributed by atoms with Crippen molar-refractivity contribution in [3.63, 3.8) is 0 Å². The Labute approximate surface area is 162 Å². The Balaban J connectivity index is 2.09. The van der Waals surface area contributed by atoms with Gasteiger partial charge in [-0.3, -0.25) is 0 Å². The van der Waals surface area contributed by atoms with Crippen LogP contribution in [-0.4, -0.2) is 35.9 Å². The molecule has 0 amide bonds. The molecule has 0 fully saturated rings. The lowest BCUT2D eigenvalue weighted by molar-refractivity contribution is -0.0505. The molecule has 2 N–H and O–H groups in total. The molecule has 8 nitrogen and oxygen atoms in total. The summed E-state index contributed by atoms with van der Waals surface area (Å²) in [5.41, 5.74) is 0.511. The van der Waals surface area contributed by atoms with Crippen molar-refractivity contribution in [3.8, 4) is 11.5 Å². The third-order valence-corrected chi connectivity index (χ3v) is 3.46. The fourth-order valence-electron chi connectivity index (χ4n) is 2.26. The van der Waals surface area contributed by atoms with Gasteiger partial charge in [0.15, 0.2) is 11.8 Å². The largest absolute Gasteiger partial charge is 0.493 e. The third kappa shape index (κ3) is 7.01. The van der Waals surface area contributed by atoms with Gasteiger partial charge in [-0.1, -0.05) is 12.1 Å². The summed E-state index contributed by atoms with van der Waals surface area (Å²) >= 11 is 0. The maximum Gasteiger partial charge on any atom is 0.387 e. The van der Waals surface area contributed by atoms with Gasteiger partial charge in [-0.15, -0.1) is 0 Å². The van der Waals surface area contributed by atoms with Crippen molar-refractivity contribution in [2.24, 2.45) is 4.99 Å². The molecule has 0 radical (unpaired) electrons. The van der Waals surface area contributed by atoms with E-state index in [1.165, 1.54) is 6.07 Å². The van der Waals surface area contributed by atoms with E-state index < -0.39 is 6.61 Å². The zero-order chi connectivity index (χ0) is 20.4. The molecule has 0 atom stereocenters. The van der Waals surface area contributed by atoms with Crippen LogP contribution in [0.3, 0.4) is 0 Å². The van der Waals surface area contributed by atoms with Gasteiger partial charge in [0.25, 0.3) is 0 Å². The smallest absolute Gasteiger partial charge is 0.387 e. The maximum atomic E-state index is 12.8. The van der Waals surface area contributed by atoms with E-state index in [1.807, 2.05) is 13.8 Å². The van der Waals surface area contributed by atoms with E-state index in [2.05, 4.69) is 30.5 Å². The fraction of sp³-hybridized carbons (Fsp3) is 0.500. The van der Waals surface area contributed by atoms with E-state index in [0.29, 0.717) is 48.7 Å². The molecule has 1 aromatic carbocycles. The van der Waals surface area contributed by atoms with Crippen LogP contribution in [-0.2, 0) is 13.1 Å². The zero-order valence-corrected chi connectivity index (χ0v) is 16.2. The summed E-state index contributed by atoms with van der Waals surface area (Å²) in [5.74, 6) is 1.96. The number of benzene rings is 1. The highest BCUT2D eigenvalue weighted by Gasteiger charge is 2.12. The number of nitrogens with one attached hydrogen (secondary N) is 2. The van der Waals surface area contributed by atoms with Crippen LogP contribution >= 0.6 is 0 Å². The van der Waals surface area contributed by atoms with E-state index in [9.17, 15) is 8.78 Å². The second-order valence-corrected chi connectivity index (χ2v) is 5.77. The summed E-state index contributed by atoms with van der Waals surface area (Å²) in [6.07, 6.45) is 0.814. The molecule has 0 aliphatic heterocycles. The number of aliphatic imine (C=N–C) groups is 1. The van der Waals surface area contributed by atoms with Crippen molar-refractivity contribution < 1.29 is 22.8 Å². The van der Waals surface area contributed by atoms with Crippen molar-refractivity contribution >= 4 is 5.96 Å². The highest BCUT2D eigenvalue weighted by atomic mass is 19.3. The molecule has 0 saturated carbocycles. The van der Waals surface area contributed by atoms with Crippen LogP contribution in [0.4, 0.5) is 8.78 Å². The average molecular weight is 397 g/mol. The van der Waals surface area contributed by atoms with E-state index in [0.717, 1.165) is 6.42 Å². The van der Waals surface area contributed by atoms with E-state index in [1.54, 1.807) is 19.1 Å². The molecule has 1 heterocycles. The molecule has 10 heteroatoms. The predicted octanol–water partition coefficient (Wildman–Crippen LogP) is 3.02. The number of alkyl halides is 2. The van der Waals surface area contributed by atoms with E-state index in [-0.39, 0.29) is 12.3 Å². The lowest BCUT2D eigenvalue weighted by Gasteiger charge is -2.13. The van der Waals surface area contributed by atoms with Gasteiger partial charge in [-0.25, -0.2) is 4.99 Å². The number of ether oxygens (including phenoxy) is 2. The first-order valence-electron chi connectivity index (χ1n) is 9.03. The maximum absolute atomic E-state index is 12.8. The summed E-state index contributed by atoms with van der Waals surface area (Å²) in [7, 11) is 0. The molecule has 2 aromatic rings. The second kappa shape index (κ2) is 11.1. The van der Waals surface area contributed by atoms with Gasteiger partial charge in [0, 0.05) is 25.1 Å². The van der Waals surface area contributed by atoms with Crippen LogP contribution in [0, 0.1) is 6.92 Å². The normalized spacial score (nSPS) is 11.6. The summed E-state index contributed by atoms with van der Waals surface area (Å²) in [6, 6.07) is 4.83. The summed E-state index contributed by atoms with van der Waals surface area (Å²) < 4.78 is 40.6. The summed E-state index contributed by atoms with van der Waals surface area (Å²) in [5, 5.41) is 9.93. The fourth-order valence-corrected chi connectivity index (χ4v) is 2.26. The highest BCUT2D eigenvalue weighted by Crippen LogP contribution is 2.27. The Kier molecular flexibility index (Phi) is 8.44. The SMILES string of the molecule is CCCOc1ccc(CN=C(NCC)NCc2noc(C)n2)c(OC(F)F)c1. The summed E-state index contributed by atoms with van der Waals surface area (Å²) in [6.45, 7) is 4.22. The Morgan fingerprint density at radius 3 is 2.75 bits per heavy atom. The van der Waals surface area contributed by atoms with Crippen LogP contribution in [0.15, 0.2) is 27.7 Å². The zero-order valence-electron chi connectivity index (χ0n) is 16.2. The van der Waals surface area contributed by atoms with Crippen molar-refractivity contribution in [1.82, 2.24) is 20.8 Å². The van der Waals surface area contributed by atoms with E-state index >= 15 is 0 Å². The quantitative estimate of drug-likeness (QED) is 0.470. The monoisotopic (exact) mass is 397 g/mol. The molecular formula is C18H25F2N5O3. The Bertz CT molecular complexity index is 767. The molecule has 1 aromatic heterocycles. The average Bonchev–Trinajstić information content (AvgIpc) is 3.08. The van der Waals surface area contributed by atoms with Crippen molar-refractivity contribution in [2.75, 3.05) is 13.2 Å². The van der Waals surface area contributed by atoms with Crippen molar-refractivity contribution in [2.45, 2.75) is 46.9 Å². The Morgan fingerprint density at radius 2 is 2.11 bits per heavy atom. The lowest BCUT2D eigenvalue weighted by atomic mass is 10.2. The third-order valence-electron chi connectivity index (χ3n) is 3.46. The predicted molar refractivity (Wildman–Crippen MR) is 99.6 cm³/mol. The van der Waals surface area contributed by atoms with E-state index in [4.69, 9.17) is 9.26 Å². The Morgan fingerprint density at radius 1 is 1.29 bits per heavy atom. The molecule has 0 aliphatic carbocycles. The standard InChI is InChI=1S/C18H25F2N5O3/c1-4-8-26-14-7-6-13(15(9-14)27-17(19)20)10-22-18(21-5-2)23-11-16-24-12(3)28-25-16/h6-7,9,17H,4-5,8,10-11H2,1-3H3,(H2,21,22,23). The molecule has 2 rings (SSSR count). The minimum absolute atomic E-state index is 0.0389. The number of aromatic nitrogens is 2. The molecule has 0 saturated heterocycles. The minimum atomic E-state index is -2.93. The molecule has 28 heavy (non-hydrogen) atoms. The number of nitrogens with zero attached hydrogens (tertiary/aromatic N) is 3. The minimum Gasteiger partial charge on any atom is -0.493 e. The number of rotatable bonds is 10. The van der Waals surface area contributed by atoms with Crippen molar-refractivity contribution in [1.29, 1.82) is 0 Å². The number of halogens is 2. The van der Waals surface area contributed by atoms with Crippen LogP contribution < -0.4 is 20.1 Å². The van der Waals surface area contributed by atoms with Crippen LogP contribution in [0.2, 0.25) is 0 Å². The van der Waals surface area contributed by atoms with Gasteiger partial charge in [0.05, 0.1) is 19.7 Å². The van der Waals surface area contributed by atoms with Gasteiger partial charge in [-0.05, 0) is 25.5 Å². The van der Waals surface area contributed by atoms with Gasteiger partial charge < -0.3 is 24.6 Å². The number of hydrogen-bond donors (Lipinski definition) is 2. The first-order chi connectivity index (χ1) is 13.5. The van der Waals surface area contributed by atoms with Crippen LogP contribution in [0.5, 0.6) is 11.5 Å². The van der Waals surface area contributed by atoms with Crippen LogP contribution in [0.25, 0.3) is 0 Å². The molecule has 0 unspecified atom stereocenters. The molecule has 0 aliphatic rings. The highest BCUT2D eigenvalue weighted by molar-refractivity contribution is 5.79. The van der Waals surface area contributed by atoms with Gasteiger partial charge >= 0.3 is 6.61 Å². The molecule has 0 bridgehead atoms. The number of aryl methyl sites for hydroxylation is 1. The second-order valence-electron chi connectivity index (χ2n) is 5.77. The van der Waals surface area contributed by atoms with Gasteiger partial charge in [0.2, 0.25) is 5.89 Å². The van der Waals surface area contributed by atoms with Crippen molar-refractivity contribution in [3.05, 3.63) is 35.5 Å². The number of hydrogen-bond acceptors (Lipinski definition) is 6. The number of guanidine groups is 1. The Hall–Kier alpha value is -2.91. The van der Waals surface area contributed by atoms with Gasteiger partial charge in [-0.2, -0.15) is 13.8 Å². The van der Waals surface area contributed by atoms with Gasteiger partial charge in [0.1, 0.15) is 11.5 Å². The summed E-state index contributed by atoms with van der Waals surface area (Å²) in [4.78, 5) is 8.51.